The van der Waals surface area contributed by atoms with Gasteiger partial charge < -0.3 is 19.7 Å². The van der Waals surface area contributed by atoms with E-state index in [2.05, 4.69) is 5.32 Å². The number of hydrogen-bond acceptors (Lipinski definition) is 6. The molecule has 39 heavy (non-hydrogen) atoms. The molecule has 1 unspecified atom stereocenters. The van der Waals surface area contributed by atoms with Crippen molar-refractivity contribution in [3.63, 3.8) is 0 Å². The van der Waals surface area contributed by atoms with Gasteiger partial charge in [-0.1, -0.05) is 60.7 Å². The zero-order chi connectivity index (χ0) is 28.4. The Kier molecular flexibility index (Phi) is 10.5. The lowest BCUT2D eigenvalue weighted by molar-refractivity contribution is -0.140. The molecular formula is C29H35N3O6S. The van der Waals surface area contributed by atoms with Crippen LogP contribution in [-0.4, -0.2) is 62.5 Å². The summed E-state index contributed by atoms with van der Waals surface area (Å²) in [4.78, 5) is 28.3. The Hall–Kier alpha value is -3.89. The van der Waals surface area contributed by atoms with Gasteiger partial charge in [0.25, 0.3) is 0 Å². The van der Waals surface area contributed by atoms with Crippen LogP contribution in [0.25, 0.3) is 0 Å². The van der Waals surface area contributed by atoms with Gasteiger partial charge >= 0.3 is 0 Å². The predicted octanol–water partition coefficient (Wildman–Crippen LogP) is 3.20. The average Bonchev–Trinajstić information content (AvgIpc) is 2.94. The van der Waals surface area contributed by atoms with Crippen molar-refractivity contribution in [1.82, 2.24) is 14.5 Å². The number of rotatable bonds is 13. The van der Waals surface area contributed by atoms with Gasteiger partial charge in [-0.05, 0) is 36.2 Å². The first-order chi connectivity index (χ1) is 18.6. The van der Waals surface area contributed by atoms with Gasteiger partial charge in [-0.25, -0.2) is 8.42 Å². The van der Waals surface area contributed by atoms with E-state index in [1.807, 2.05) is 36.4 Å². The van der Waals surface area contributed by atoms with E-state index in [9.17, 15) is 18.0 Å². The van der Waals surface area contributed by atoms with Crippen LogP contribution >= 0.6 is 0 Å². The van der Waals surface area contributed by atoms with Gasteiger partial charge in [0.15, 0.2) is 0 Å². The number of hydrogen-bond donors (Lipinski definition) is 1. The lowest BCUT2D eigenvalue weighted by Crippen LogP contribution is -2.50. The van der Waals surface area contributed by atoms with Gasteiger partial charge in [-0.2, -0.15) is 4.31 Å². The summed E-state index contributed by atoms with van der Waals surface area (Å²) in [5.41, 5.74) is 2.31. The third-order valence-electron chi connectivity index (χ3n) is 6.31. The third kappa shape index (κ3) is 8.56. The highest BCUT2D eigenvalue weighted by Crippen LogP contribution is 2.19. The molecule has 0 saturated heterocycles. The number of methoxy groups -OCH3 is 2. The minimum atomic E-state index is -3.72. The van der Waals surface area contributed by atoms with Gasteiger partial charge in [0.2, 0.25) is 21.8 Å². The zero-order valence-corrected chi connectivity index (χ0v) is 23.5. The molecule has 0 spiro atoms. The Labute approximate surface area is 230 Å². The molecule has 0 aromatic heterocycles. The van der Waals surface area contributed by atoms with Crippen molar-refractivity contribution in [3.05, 3.63) is 95.6 Å². The van der Waals surface area contributed by atoms with Crippen LogP contribution in [0.4, 0.5) is 0 Å². The summed E-state index contributed by atoms with van der Waals surface area (Å²) in [7, 11) is -0.601. The van der Waals surface area contributed by atoms with Crippen LogP contribution in [0.1, 0.15) is 23.6 Å². The number of nitrogens with zero attached hydrogens (tertiary/aromatic N) is 2. The molecule has 0 bridgehead atoms. The number of carbonyl (C=O) groups is 2. The molecule has 9 nitrogen and oxygen atoms in total. The monoisotopic (exact) mass is 553 g/mol. The lowest BCUT2D eigenvalue weighted by Gasteiger charge is -2.31. The summed E-state index contributed by atoms with van der Waals surface area (Å²) in [5.74, 6) is 0.426. The summed E-state index contributed by atoms with van der Waals surface area (Å²) in [5, 5.41) is 2.87. The predicted molar refractivity (Wildman–Crippen MR) is 150 cm³/mol. The first-order valence-corrected chi connectivity index (χ1v) is 14.3. The zero-order valence-electron chi connectivity index (χ0n) is 22.7. The fourth-order valence-electron chi connectivity index (χ4n) is 4.01. The van der Waals surface area contributed by atoms with E-state index < -0.39 is 28.5 Å². The highest BCUT2D eigenvalue weighted by atomic mass is 32.2. The second-order valence-electron chi connectivity index (χ2n) is 9.09. The van der Waals surface area contributed by atoms with E-state index in [1.54, 1.807) is 63.6 Å². The molecule has 1 N–H and O–H groups in total. The maximum Gasteiger partial charge on any atom is 0.242 e. The van der Waals surface area contributed by atoms with Gasteiger partial charge in [0.05, 0.1) is 27.0 Å². The van der Waals surface area contributed by atoms with E-state index in [-0.39, 0.29) is 25.5 Å². The molecule has 0 radical (unpaired) electrons. The molecule has 0 fully saturated rings. The number of amides is 2. The topological polar surface area (TPSA) is 105 Å². The Bertz CT molecular complexity index is 1350. The van der Waals surface area contributed by atoms with Crippen molar-refractivity contribution < 1.29 is 27.5 Å². The van der Waals surface area contributed by atoms with Gasteiger partial charge in [0.1, 0.15) is 17.5 Å². The van der Waals surface area contributed by atoms with Crippen LogP contribution in [-0.2, 0) is 39.2 Å². The number of nitrogens with one attached hydrogen (secondary N) is 1. The first-order valence-electron chi connectivity index (χ1n) is 12.4. The van der Waals surface area contributed by atoms with Gasteiger partial charge in [-0.15, -0.1) is 0 Å². The van der Waals surface area contributed by atoms with E-state index in [1.165, 1.54) is 4.90 Å². The van der Waals surface area contributed by atoms with E-state index >= 15 is 0 Å². The average molecular weight is 554 g/mol. The summed E-state index contributed by atoms with van der Waals surface area (Å²) in [6, 6.07) is 22.6. The molecule has 10 heteroatoms. The quantitative estimate of drug-likeness (QED) is 0.349. The van der Waals surface area contributed by atoms with Crippen molar-refractivity contribution in [2.75, 3.05) is 27.0 Å². The molecule has 3 aromatic rings. The second-order valence-corrected chi connectivity index (χ2v) is 11.1. The van der Waals surface area contributed by atoms with E-state index in [4.69, 9.17) is 9.47 Å². The van der Waals surface area contributed by atoms with E-state index in [0.717, 1.165) is 27.3 Å². The SMILES string of the molecule is COc1ccc(CN(C(=O)CN(Cc2ccccc2)S(C)(=O)=O)C(C)C(=O)NCc2ccccc2OC)cc1. The van der Waals surface area contributed by atoms with Crippen LogP contribution in [0.2, 0.25) is 0 Å². The second kappa shape index (κ2) is 13.8. The Morgan fingerprint density at radius 3 is 2.08 bits per heavy atom. The fourth-order valence-corrected chi connectivity index (χ4v) is 4.74. The van der Waals surface area contributed by atoms with Crippen LogP contribution in [0.3, 0.4) is 0 Å². The lowest BCUT2D eigenvalue weighted by atomic mass is 10.1. The fraction of sp³-hybridized carbons (Fsp3) is 0.310. The molecule has 1 atom stereocenters. The normalized spacial score (nSPS) is 12.0. The molecule has 2 amide bonds. The molecule has 0 aliphatic carbocycles. The maximum absolute atomic E-state index is 13.6. The minimum Gasteiger partial charge on any atom is -0.497 e. The molecule has 3 aromatic carbocycles. The van der Waals surface area contributed by atoms with E-state index in [0.29, 0.717) is 11.5 Å². The first kappa shape index (κ1) is 29.7. The standard InChI is InChI=1S/C29H35N3O6S/c1-22(29(34)30-18-25-12-8-9-13-27(25)38-3)32(20-24-14-16-26(37-2)17-15-24)28(33)21-31(39(4,35)36)19-23-10-6-5-7-11-23/h5-17,22H,18-21H2,1-4H3,(H,30,34). The summed E-state index contributed by atoms with van der Waals surface area (Å²) in [6.07, 6.45) is 1.07. The van der Waals surface area contributed by atoms with Gasteiger partial charge in [0, 0.05) is 25.2 Å². The molecule has 208 valence electrons. The van der Waals surface area contributed by atoms with Crippen molar-refractivity contribution in [3.8, 4) is 11.5 Å². The summed E-state index contributed by atoms with van der Waals surface area (Å²) < 4.78 is 36.9. The molecule has 0 aliphatic rings. The van der Waals surface area contributed by atoms with Gasteiger partial charge in [-0.3, -0.25) is 9.59 Å². The Morgan fingerprint density at radius 2 is 1.46 bits per heavy atom. The van der Waals surface area contributed by atoms with Crippen LogP contribution in [0.15, 0.2) is 78.9 Å². The largest absolute Gasteiger partial charge is 0.497 e. The molecule has 0 saturated carbocycles. The van der Waals surface area contributed by atoms with Crippen molar-refractivity contribution in [1.29, 1.82) is 0 Å². The number of benzene rings is 3. The Morgan fingerprint density at radius 1 is 0.846 bits per heavy atom. The van der Waals surface area contributed by atoms with Crippen LogP contribution in [0.5, 0.6) is 11.5 Å². The van der Waals surface area contributed by atoms with Crippen molar-refractivity contribution in [2.45, 2.75) is 32.6 Å². The number of carbonyl (C=O) groups excluding carboxylic acids is 2. The Balaban J connectivity index is 1.82. The number of sulfonamides is 1. The van der Waals surface area contributed by atoms with Crippen LogP contribution in [0, 0.1) is 0 Å². The summed E-state index contributed by atoms with van der Waals surface area (Å²) >= 11 is 0. The van der Waals surface area contributed by atoms with Crippen LogP contribution < -0.4 is 14.8 Å². The highest BCUT2D eigenvalue weighted by molar-refractivity contribution is 7.88. The number of para-hydroxylation sites is 1. The third-order valence-corrected chi connectivity index (χ3v) is 7.50. The smallest absolute Gasteiger partial charge is 0.242 e. The van der Waals surface area contributed by atoms with Crippen molar-refractivity contribution in [2.24, 2.45) is 0 Å². The number of ether oxygens (including phenoxy) is 2. The molecule has 0 heterocycles. The molecule has 3 rings (SSSR count). The molecule has 0 aliphatic heterocycles. The maximum atomic E-state index is 13.6. The summed E-state index contributed by atoms with van der Waals surface area (Å²) in [6.45, 7) is 1.57. The minimum absolute atomic E-state index is 0.0379. The highest BCUT2D eigenvalue weighted by Gasteiger charge is 2.30. The van der Waals surface area contributed by atoms with Crippen molar-refractivity contribution >= 4 is 21.8 Å². The molecular weight excluding hydrogens is 518 g/mol.